The number of rotatable bonds is 3. The lowest BCUT2D eigenvalue weighted by molar-refractivity contribution is 0.0950. The van der Waals surface area contributed by atoms with Crippen molar-refractivity contribution in [3.63, 3.8) is 0 Å². The average molecular weight is 339 g/mol. The Labute approximate surface area is 138 Å². The van der Waals surface area contributed by atoms with Gasteiger partial charge in [-0.1, -0.05) is 56.1 Å². The van der Waals surface area contributed by atoms with E-state index in [9.17, 15) is 4.79 Å². The smallest absolute Gasteiger partial charge is 0.281 e. The van der Waals surface area contributed by atoms with E-state index < -0.39 is 5.91 Å². The second-order valence-corrected chi connectivity index (χ2v) is 6.54. The number of carbonyl (C=O) groups is 1. The summed E-state index contributed by atoms with van der Waals surface area (Å²) in [6.07, 6.45) is 1.43. The molecule has 116 valence electrons. The van der Waals surface area contributed by atoms with Gasteiger partial charge in [0.2, 0.25) is 0 Å². The van der Waals surface area contributed by atoms with Crippen LogP contribution in [-0.4, -0.2) is 22.3 Å². The molecule has 0 atom stereocenters. The number of hydrogen-bond acceptors (Lipinski definition) is 3. The quantitative estimate of drug-likeness (QED) is 0.660. The maximum Gasteiger partial charge on any atom is 0.291 e. The van der Waals surface area contributed by atoms with Gasteiger partial charge >= 0.3 is 0 Å². The van der Waals surface area contributed by atoms with Gasteiger partial charge in [0.15, 0.2) is 5.69 Å². The first-order chi connectivity index (χ1) is 10.3. The lowest BCUT2D eigenvalue weighted by atomic mass is 9.92. The highest BCUT2D eigenvalue weighted by Crippen LogP contribution is 2.24. The Balaban J connectivity index is 2.05. The third-order valence-electron chi connectivity index (χ3n) is 2.97. The van der Waals surface area contributed by atoms with Gasteiger partial charge in [0, 0.05) is 16.7 Å². The number of nitrogens with one attached hydrogen (secondary N) is 2. The number of hydrogen-bond donors (Lipinski definition) is 2. The molecule has 0 saturated carbocycles. The summed E-state index contributed by atoms with van der Waals surface area (Å²) in [5, 5.41) is 11.5. The Bertz CT molecular complexity index is 717. The summed E-state index contributed by atoms with van der Waals surface area (Å²) < 4.78 is 0. The first kappa shape index (κ1) is 16.5. The lowest BCUT2D eigenvalue weighted by Crippen LogP contribution is -2.18. The number of H-pyrrole nitrogens is 1. The van der Waals surface area contributed by atoms with E-state index in [-0.39, 0.29) is 11.1 Å². The monoisotopic (exact) mass is 338 g/mol. The van der Waals surface area contributed by atoms with Crippen LogP contribution in [0, 0.1) is 0 Å². The second-order valence-electron chi connectivity index (χ2n) is 5.76. The summed E-state index contributed by atoms with van der Waals surface area (Å²) in [7, 11) is 0. The van der Waals surface area contributed by atoms with E-state index in [0.29, 0.717) is 15.6 Å². The molecule has 1 aromatic carbocycles. The molecular formula is C15H16Cl2N4O. The Morgan fingerprint density at radius 3 is 2.73 bits per heavy atom. The zero-order valence-electron chi connectivity index (χ0n) is 12.4. The van der Waals surface area contributed by atoms with E-state index in [2.05, 4.69) is 20.7 Å². The Morgan fingerprint density at radius 1 is 1.36 bits per heavy atom. The minimum Gasteiger partial charge on any atom is -0.281 e. The van der Waals surface area contributed by atoms with E-state index in [1.165, 1.54) is 6.21 Å². The summed E-state index contributed by atoms with van der Waals surface area (Å²) in [6, 6.07) is 6.88. The van der Waals surface area contributed by atoms with Gasteiger partial charge in [0.25, 0.3) is 5.91 Å². The molecule has 2 aromatic rings. The number of aromatic nitrogens is 2. The second kappa shape index (κ2) is 6.50. The van der Waals surface area contributed by atoms with Crippen LogP contribution in [-0.2, 0) is 5.41 Å². The topological polar surface area (TPSA) is 70.1 Å². The zero-order valence-corrected chi connectivity index (χ0v) is 14.0. The summed E-state index contributed by atoms with van der Waals surface area (Å²) in [5.41, 5.74) is 4.07. The molecule has 2 N–H and O–H groups in total. The van der Waals surface area contributed by atoms with Gasteiger partial charge in [-0.05, 0) is 12.1 Å². The molecule has 0 saturated heterocycles. The van der Waals surface area contributed by atoms with Crippen molar-refractivity contribution in [3.05, 3.63) is 51.3 Å². The van der Waals surface area contributed by atoms with Gasteiger partial charge < -0.3 is 0 Å². The van der Waals surface area contributed by atoms with Gasteiger partial charge in [-0.2, -0.15) is 10.2 Å². The van der Waals surface area contributed by atoms with Crippen LogP contribution >= 0.6 is 23.2 Å². The Morgan fingerprint density at radius 2 is 2.09 bits per heavy atom. The van der Waals surface area contributed by atoms with E-state index in [0.717, 1.165) is 5.69 Å². The Hall–Kier alpha value is -1.85. The van der Waals surface area contributed by atoms with Crippen molar-refractivity contribution >= 4 is 35.3 Å². The first-order valence-corrected chi connectivity index (χ1v) is 7.38. The van der Waals surface area contributed by atoms with Crippen molar-refractivity contribution in [1.82, 2.24) is 15.6 Å². The van der Waals surface area contributed by atoms with Gasteiger partial charge in [-0.25, -0.2) is 5.43 Å². The molecule has 2 rings (SSSR count). The SMILES string of the molecule is CC(C)(C)c1cc(C(=O)NN=Cc2cccc(Cl)c2Cl)n[nH]1. The van der Waals surface area contributed by atoms with Crippen LogP contribution in [0.3, 0.4) is 0 Å². The molecular weight excluding hydrogens is 323 g/mol. The molecule has 7 heteroatoms. The van der Waals surface area contributed by atoms with Crippen molar-refractivity contribution in [2.45, 2.75) is 26.2 Å². The van der Waals surface area contributed by atoms with Crippen molar-refractivity contribution < 1.29 is 4.79 Å². The largest absolute Gasteiger partial charge is 0.291 e. The van der Waals surface area contributed by atoms with Crippen molar-refractivity contribution in [2.24, 2.45) is 5.10 Å². The minimum atomic E-state index is -0.402. The number of aromatic amines is 1. The first-order valence-electron chi connectivity index (χ1n) is 6.62. The molecule has 0 unspecified atom stereocenters. The molecule has 1 amide bonds. The van der Waals surface area contributed by atoms with Crippen LogP contribution in [0.15, 0.2) is 29.4 Å². The predicted molar refractivity (Wildman–Crippen MR) is 88.8 cm³/mol. The maximum atomic E-state index is 12.0. The normalized spacial score (nSPS) is 11.9. The predicted octanol–water partition coefficient (Wildman–Crippen LogP) is 3.78. The minimum absolute atomic E-state index is 0.108. The molecule has 0 aliphatic heterocycles. The van der Waals surface area contributed by atoms with Crippen molar-refractivity contribution in [1.29, 1.82) is 0 Å². The van der Waals surface area contributed by atoms with Crippen LogP contribution in [0.1, 0.15) is 42.5 Å². The number of nitrogens with zero attached hydrogens (tertiary/aromatic N) is 2. The number of hydrazone groups is 1. The van der Waals surface area contributed by atoms with Crippen LogP contribution in [0.25, 0.3) is 0 Å². The fourth-order valence-corrected chi connectivity index (χ4v) is 2.02. The van der Waals surface area contributed by atoms with Gasteiger partial charge in [0.1, 0.15) is 0 Å². The number of halogens is 2. The molecule has 1 aromatic heterocycles. The summed E-state index contributed by atoms with van der Waals surface area (Å²) >= 11 is 11.9. The molecule has 5 nitrogen and oxygen atoms in total. The van der Waals surface area contributed by atoms with Crippen molar-refractivity contribution in [3.8, 4) is 0 Å². The molecule has 0 aliphatic carbocycles. The number of carbonyl (C=O) groups excluding carboxylic acids is 1. The molecule has 1 heterocycles. The van der Waals surface area contributed by atoms with Crippen LogP contribution < -0.4 is 5.43 Å². The average Bonchev–Trinajstić information content (AvgIpc) is 2.93. The lowest BCUT2D eigenvalue weighted by Gasteiger charge is -2.14. The highest BCUT2D eigenvalue weighted by atomic mass is 35.5. The molecule has 0 spiro atoms. The third kappa shape index (κ3) is 3.87. The standard InChI is InChI=1S/C15H16Cl2N4O/c1-15(2,3)12-7-11(19-20-12)14(22)21-18-8-9-5-4-6-10(16)13(9)17/h4-8H,1-3H3,(H,19,20)(H,21,22). The fourth-order valence-electron chi connectivity index (χ4n) is 1.66. The zero-order chi connectivity index (χ0) is 16.3. The van der Waals surface area contributed by atoms with E-state index in [1.807, 2.05) is 20.8 Å². The van der Waals surface area contributed by atoms with Gasteiger partial charge in [-0.3, -0.25) is 9.89 Å². The maximum absolute atomic E-state index is 12.0. The molecule has 0 fully saturated rings. The van der Waals surface area contributed by atoms with Crippen LogP contribution in [0.5, 0.6) is 0 Å². The highest BCUT2D eigenvalue weighted by Gasteiger charge is 2.19. The third-order valence-corrected chi connectivity index (χ3v) is 3.80. The van der Waals surface area contributed by atoms with E-state index in [4.69, 9.17) is 23.2 Å². The molecule has 22 heavy (non-hydrogen) atoms. The van der Waals surface area contributed by atoms with Crippen LogP contribution in [0.4, 0.5) is 0 Å². The fraction of sp³-hybridized carbons (Fsp3) is 0.267. The summed E-state index contributed by atoms with van der Waals surface area (Å²) in [6.45, 7) is 6.09. The van der Waals surface area contributed by atoms with Gasteiger partial charge in [0.05, 0.1) is 16.3 Å². The number of benzene rings is 1. The summed E-state index contributed by atoms with van der Waals surface area (Å²) in [4.78, 5) is 12.0. The molecule has 0 radical (unpaired) electrons. The van der Waals surface area contributed by atoms with Gasteiger partial charge in [-0.15, -0.1) is 0 Å². The highest BCUT2D eigenvalue weighted by molar-refractivity contribution is 6.43. The Kier molecular flexibility index (Phi) is 4.88. The van der Waals surface area contributed by atoms with Crippen LogP contribution in [0.2, 0.25) is 10.0 Å². The van der Waals surface area contributed by atoms with E-state index >= 15 is 0 Å². The van der Waals surface area contributed by atoms with E-state index in [1.54, 1.807) is 24.3 Å². The molecule has 0 aliphatic rings. The molecule has 0 bridgehead atoms. The van der Waals surface area contributed by atoms with Crippen molar-refractivity contribution in [2.75, 3.05) is 0 Å². The number of amides is 1. The summed E-state index contributed by atoms with van der Waals surface area (Å²) in [5.74, 6) is -0.402.